The fraction of sp³-hybridized carbons (Fsp3) is 0.0952. The van der Waals surface area contributed by atoms with Crippen LogP contribution in [0.15, 0.2) is 78.9 Å². The molecule has 3 nitrogen and oxygen atoms in total. The third-order valence-electron chi connectivity index (χ3n) is 3.90. The van der Waals surface area contributed by atoms with Crippen LogP contribution in [0.4, 0.5) is 5.69 Å². The fourth-order valence-corrected chi connectivity index (χ4v) is 2.62. The molecule has 0 saturated heterocycles. The van der Waals surface area contributed by atoms with E-state index in [0.717, 1.165) is 11.3 Å². The Morgan fingerprint density at radius 2 is 1.56 bits per heavy atom. The highest BCUT2D eigenvalue weighted by atomic mass is 35.5. The average molecular weight is 352 g/mol. The molecule has 25 heavy (non-hydrogen) atoms. The maximum atomic E-state index is 12.5. The number of anilines is 1. The van der Waals surface area contributed by atoms with Crippen LogP contribution in [-0.4, -0.2) is 13.0 Å². The van der Waals surface area contributed by atoms with Gasteiger partial charge in [0.25, 0.3) is 5.91 Å². The van der Waals surface area contributed by atoms with Crippen molar-refractivity contribution in [1.29, 1.82) is 0 Å². The predicted octanol–water partition coefficient (Wildman–Crippen LogP) is 5.20. The number of nitrogens with zero attached hydrogens (tertiary/aromatic N) is 1. The monoisotopic (exact) mass is 351 g/mol. The number of amides is 1. The van der Waals surface area contributed by atoms with Crippen molar-refractivity contribution in [2.45, 2.75) is 6.61 Å². The van der Waals surface area contributed by atoms with E-state index in [1.54, 1.807) is 36.2 Å². The van der Waals surface area contributed by atoms with Crippen molar-refractivity contribution >= 4 is 23.2 Å². The van der Waals surface area contributed by atoms with Crippen LogP contribution in [0.1, 0.15) is 15.9 Å². The molecule has 1 amide bonds. The third-order valence-corrected chi connectivity index (χ3v) is 4.27. The first kappa shape index (κ1) is 17.1. The number of ether oxygens (including phenoxy) is 1. The lowest BCUT2D eigenvalue weighted by Crippen LogP contribution is -2.25. The summed E-state index contributed by atoms with van der Waals surface area (Å²) < 4.78 is 5.74. The molecule has 0 aliphatic heterocycles. The third kappa shape index (κ3) is 4.20. The number of carbonyl (C=O) groups is 1. The van der Waals surface area contributed by atoms with Gasteiger partial charge in [-0.3, -0.25) is 4.79 Å². The van der Waals surface area contributed by atoms with Crippen LogP contribution in [-0.2, 0) is 6.61 Å². The largest absolute Gasteiger partial charge is 0.489 e. The molecule has 0 radical (unpaired) electrons. The summed E-state index contributed by atoms with van der Waals surface area (Å²) in [6, 6.07) is 24.2. The van der Waals surface area contributed by atoms with Crippen molar-refractivity contribution in [2.75, 3.05) is 11.9 Å². The number of carbonyl (C=O) groups excluding carboxylic acids is 1. The van der Waals surface area contributed by atoms with E-state index >= 15 is 0 Å². The van der Waals surface area contributed by atoms with Gasteiger partial charge in [-0.2, -0.15) is 0 Å². The minimum atomic E-state index is -0.0659. The van der Waals surface area contributed by atoms with Crippen molar-refractivity contribution in [3.8, 4) is 5.75 Å². The standard InChI is InChI=1S/C21H18ClNO2/c1-23(18-8-3-2-4-9-18)21(24)16-11-13-19(14-12-16)25-15-17-7-5-6-10-20(17)22/h2-14H,15H2,1H3. The molecule has 0 bridgehead atoms. The predicted molar refractivity (Wildman–Crippen MR) is 101 cm³/mol. The molecule has 4 heteroatoms. The summed E-state index contributed by atoms with van der Waals surface area (Å²) in [7, 11) is 1.76. The molecule has 3 aromatic rings. The van der Waals surface area contributed by atoms with Crippen molar-refractivity contribution in [3.05, 3.63) is 95.0 Å². The second kappa shape index (κ2) is 7.86. The van der Waals surface area contributed by atoms with Gasteiger partial charge in [0.15, 0.2) is 0 Å². The van der Waals surface area contributed by atoms with E-state index in [4.69, 9.17) is 16.3 Å². The van der Waals surface area contributed by atoms with Gasteiger partial charge in [0.05, 0.1) is 0 Å². The zero-order valence-electron chi connectivity index (χ0n) is 13.9. The Labute approximate surface area is 152 Å². The maximum absolute atomic E-state index is 12.5. The van der Waals surface area contributed by atoms with Crippen LogP contribution in [0.5, 0.6) is 5.75 Å². The van der Waals surface area contributed by atoms with Crippen LogP contribution in [0.2, 0.25) is 5.02 Å². The summed E-state index contributed by atoms with van der Waals surface area (Å²) in [5.74, 6) is 0.627. The van der Waals surface area contributed by atoms with E-state index in [2.05, 4.69) is 0 Å². The second-order valence-corrected chi connectivity index (χ2v) is 6.01. The van der Waals surface area contributed by atoms with Crippen LogP contribution >= 0.6 is 11.6 Å². The lowest BCUT2D eigenvalue weighted by atomic mass is 10.2. The van der Waals surface area contributed by atoms with E-state index in [0.29, 0.717) is 22.9 Å². The van der Waals surface area contributed by atoms with Crippen molar-refractivity contribution in [3.63, 3.8) is 0 Å². The molecule has 0 heterocycles. The molecule has 126 valence electrons. The van der Waals surface area contributed by atoms with E-state index in [1.165, 1.54) is 0 Å². The topological polar surface area (TPSA) is 29.5 Å². The summed E-state index contributed by atoms with van der Waals surface area (Å²) in [5.41, 5.74) is 2.39. The Morgan fingerprint density at radius 3 is 2.24 bits per heavy atom. The molecule has 3 aromatic carbocycles. The highest BCUT2D eigenvalue weighted by Crippen LogP contribution is 2.20. The van der Waals surface area contributed by atoms with Crippen molar-refractivity contribution in [1.82, 2.24) is 0 Å². The lowest BCUT2D eigenvalue weighted by Gasteiger charge is -2.17. The highest BCUT2D eigenvalue weighted by Gasteiger charge is 2.13. The summed E-state index contributed by atoms with van der Waals surface area (Å²) in [6.07, 6.45) is 0. The minimum absolute atomic E-state index is 0.0659. The average Bonchev–Trinajstić information content (AvgIpc) is 2.67. The highest BCUT2D eigenvalue weighted by molar-refractivity contribution is 6.31. The van der Waals surface area contributed by atoms with Gasteiger partial charge in [-0.1, -0.05) is 48.0 Å². The summed E-state index contributed by atoms with van der Waals surface area (Å²) in [5, 5.41) is 0.679. The Kier molecular flexibility index (Phi) is 5.36. The Morgan fingerprint density at radius 1 is 0.920 bits per heavy atom. The van der Waals surface area contributed by atoms with Gasteiger partial charge in [0, 0.05) is 28.9 Å². The molecule has 0 spiro atoms. The molecule has 0 aromatic heterocycles. The zero-order valence-corrected chi connectivity index (χ0v) is 14.6. The first-order chi connectivity index (χ1) is 12.1. The van der Waals surface area contributed by atoms with Crippen LogP contribution in [0.3, 0.4) is 0 Å². The van der Waals surface area contributed by atoms with Gasteiger partial charge in [0.2, 0.25) is 0 Å². The van der Waals surface area contributed by atoms with Crippen LogP contribution < -0.4 is 9.64 Å². The van der Waals surface area contributed by atoms with Gasteiger partial charge in [-0.05, 0) is 42.5 Å². The summed E-state index contributed by atoms with van der Waals surface area (Å²) in [6.45, 7) is 0.386. The number of para-hydroxylation sites is 1. The molecule has 0 atom stereocenters. The van der Waals surface area contributed by atoms with Crippen LogP contribution in [0.25, 0.3) is 0 Å². The molecule has 0 unspecified atom stereocenters. The molecular weight excluding hydrogens is 334 g/mol. The number of rotatable bonds is 5. The summed E-state index contributed by atoms with van der Waals surface area (Å²) in [4.78, 5) is 14.2. The van der Waals surface area contributed by atoms with Gasteiger partial charge in [0.1, 0.15) is 12.4 Å². The first-order valence-electron chi connectivity index (χ1n) is 7.94. The molecule has 0 saturated carbocycles. The van der Waals surface area contributed by atoms with Crippen molar-refractivity contribution in [2.24, 2.45) is 0 Å². The Balaban J connectivity index is 1.66. The van der Waals surface area contributed by atoms with Crippen molar-refractivity contribution < 1.29 is 9.53 Å². The van der Waals surface area contributed by atoms with E-state index in [9.17, 15) is 4.79 Å². The number of hydrogen-bond donors (Lipinski definition) is 0. The molecule has 0 aliphatic carbocycles. The first-order valence-corrected chi connectivity index (χ1v) is 8.32. The van der Waals surface area contributed by atoms with Crippen LogP contribution in [0, 0.1) is 0 Å². The van der Waals surface area contributed by atoms with Gasteiger partial charge in [-0.25, -0.2) is 0 Å². The fourth-order valence-electron chi connectivity index (χ4n) is 2.43. The summed E-state index contributed by atoms with van der Waals surface area (Å²) >= 11 is 6.12. The normalized spacial score (nSPS) is 10.3. The SMILES string of the molecule is CN(C(=O)c1ccc(OCc2ccccc2Cl)cc1)c1ccccc1. The zero-order chi connectivity index (χ0) is 17.6. The van der Waals surface area contributed by atoms with E-state index < -0.39 is 0 Å². The lowest BCUT2D eigenvalue weighted by molar-refractivity contribution is 0.0993. The second-order valence-electron chi connectivity index (χ2n) is 5.60. The maximum Gasteiger partial charge on any atom is 0.258 e. The minimum Gasteiger partial charge on any atom is -0.489 e. The number of halogens is 1. The van der Waals surface area contributed by atoms with Gasteiger partial charge < -0.3 is 9.64 Å². The molecule has 0 aliphatic rings. The molecule has 0 N–H and O–H groups in total. The Bertz CT molecular complexity index is 847. The number of benzene rings is 3. The molecular formula is C21H18ClNO2. The van der Waals surface area contributed by atoms with E-state index in [-0.39, 0.29) is 5.91 Å². The number of hydrogen-bond acceptors (Lipinski definition) is 2. The molecule has 0 fully saturated rings. The van der Waals surface area contributed by atoms with E-state index in [1.807, 2.05) is 54.6 Å². The van der Waals surface area contributed by atoms with Gasteiger partial charge in [-0.15, -0.1) is 0 Å². The molecule has 3 rings (SSSR count). The van der Waals surface area contributed by atoms with Gasteiger partial charge >= 0.3 is 0 Å². The smallest absolute Gasteiger partial charge is 0.258 e. The quantitative estimate of drug-likeness (QED) is 0.632. The Hall–Kier alpha value is -2.78.